The van der Waals surface area contributed by atoms with Crippen LogP contribution in [0.2, 0.25) is 0 Å². The minimum atomic E-state index is -4.52. The van der Waals surface area contributed by atoms with E-state index in [0.29, 0.717) is 16.9 Å². The van der Waals surface area contributed by atoms with Crippen LogP contribution >= 0.6 is 0 Å². The molecule has 0 spiro atoms. The number of halogens is 3. The maximum atomic E-state index is 12.9. The van der Waals surface area contributed by atoms with E-state index in [2.05, 4.69) is 21.3 Å². The second-order valence-electron chi connectivity index (χ2n) is 9.40. The molecule has 4 N–H and O–H groups in total. The van der Waals surface area contributed by atoms with Gasteiger partial charge in [-0.2, -0.15) is 13.2 Å². The average Bonchev–Trinajstić information content (AvgIpc) is 2.92. The van der Waals surface area contributed by atoms with E-state index in [1.54, 1.807) is 36.4 Å². The van der Waals surface area contributed by atoms with Gasteiger partial charge in [-0.25, -0.2) is 0 Å². The number of alkyl halides is 3. The summed E-state index contributed by atoms with van der Waals surface area (Å²) < 4.78 is 38.8. The molecular weight excluding hydrogens is 509 g/mol. The van der Waals surface area contributed by atoms with Crippen molar-refractivity contribution in [1.82, 2.24) is 5.32 Å². The van der Waals surface area contributed by atoms with Crippen molar-refractivity contribution in [1.29, 1.82) is 0 Å². The number of nitrogens with one attached hydrogen (secondary N) is 4. The van der Waals surface area contributed by atoms with Gasteiger partial charge in [0.1, 0.15) is 0 Å². The van der Waals surface area contributed by atoms with Gasteiger partial charge in [-0.05, 0) is 67.4 Å². The van der Waals surface area contributed by atoms with E-state index in [4.69, 9.17) is 0 Å². The van der Waals surface area contributed by atoms with Crippen molar-refractivity contribution in [3.8, 4) is 0 Å². The molecule has 204 valence electrons. The molecule has 0 heterocycles. The lowest BCUT2D eigenvalue weighted by molar-refractivity contribution is -0.137. The zero-order valence-electron chi connectivity index (χ0n) is 21.1. The van der Waals surface area contributed by atoms with E-state index in [1.807, 2.05) is 0 Å². The van der Waals surface area contributed by atoms with Crippen molar-refractivity contribution in [3.05, 3.63) is 89.5 Å². The quantitative estimate of drug-likeness (QED) is 0.280. The van der Waals surface area contributed by atoms with Crippen LogP contribution in [0.15, 0.2) is 72.8 Å². The van der Waals surface area contributed by atoms with Crippen molar-refractivity contribution in [2.75, 3.05) is 22.5 Å². The molecule has 0 atom stereocenters. The third kappa shape index (κ3) is 8.07. The first-order valence-electron chi connectivity index (χ1n) is 12.7. The summed E-state index contributed by atoms with van der Waals surface area (Å²) in [5.74, 6) is -1.12. The molecule has 0 radical (unpaired) electrons. The Balaban J connectivity index is 1.30. The third-order valence-electron chi connectivity index (χ3n) is 6.37. The molecular formula is C29H29F3N4O3. The van der Waals surface area contributed by atoms with E-state index >= 15 is 0 Å². The summed E-state index contributed by atoms with van der Waals surface area (Å²) in [6.45, 7) is -0.114. The number of benzene rings is 3. The van der Waals surface area contributed by atoms with Crippen LogP contribution in [0.4, 0.5) is 30.2 Å². The Morgan fingerprint density at radius 2 is 1.31 bits per heavy atom. The fourth-order valence-electron chi connectivity index (χ4n) is 4.39. The van der Waals surface area contributed by atoms with Crippen LogP contribution in [0.3, 0.4) is 0 Å². The largest absolute Gasteiger partial charge is 0.416 e. The summed E-state index contributed by atoms with van der Waals surface area (Å²) in [6, 6.07) is 17.5. The highest BCUT2D eigenvalue weighted by Crippen LogP contribution is 2.30. The predicted octanol–water partition coefficient (Wildman–Crippen LogP) is 6.07. The zero-order chi connectivity index (χ0) is 27.8. The van der Waals surface area contributed by atoms with Crippen molar-refractivity contribution >= 4 is 34.8 Å². The number of amides is 3. The van der Waals surface area contributed by atoms with Crippen LogP contribution in [0.1, 0.15) is 58.4 Å². The van der Waals surface area contributed by atoms with Crippen LogP contribution in [-0.2, 0) is 11.0 Å². The predicted molar refractivity (Wildman–Crippen MR) is 144 cm³/mol. The molecule has 1 saturated carbocycles. The standard InChI is InChI=1S/C29H29F3N4O3/c30-29(31,32)21-9-6-14-25(17-21)36-28(39)19-7-4-12-23(15-19)33-18-26(37)34-24-13-5-8-20(16-24)27(38)35-22-10-2-1-3-11-22/h4-9,12-17,22,33H,1-3,10-11,18H2,(H,34,37)(H,35,38)(H,36,39). The lowest BCUT2D eigenvalue weighted by Gasteiger charge is -2.22. The second-order valence-corrected chi connectivity index (χ2v) is 9.40. The molecule has 1 aliphatic rings. The average molecular weight is 539 g/mol. The molecule has 3 amide bonds. The molecule has 0 saturated heterocycles. The molecule has 0 unspecified atom stereocenters. The normalized spacial score (nSPS) is 13.8. The van der Waals surface area contributed by atoms with Gasteiger partial charge in [0.15, 0.2) is 0 Å². The van der Waals surface area contributed by atoms with Gasteiger partial charge in [-0.1, -0.05) is 37.5 Å². The number of anilines is 3. The fourth-order valence-corrected chi connectivity index (χ4v) is 4.39. The van der Waals surface area contributed by atoms with Gasteiger partial charge in [0, 0.05) is 34.2 Å². The highest BCUT2D eigenvalue weighted by Gasteiger charge is 2.30. The molecule has 10 heteroatoms. The second kappa shape index (κ2) is 12.5. The molecule has 4 rings (SSSR count). The van der Waals surface area contributed by atoms with E-state index in [9.17, 15) is 27.6 Å². The van der Waals surface area contributed by atoms with Crippen LogP contribution < -0.4 is 21.3 Å². The summed E-state index contributed by atoms with van der Waals surface area (Å²) in [5, 5.41) is 11.2. The Morgan fingerprint density at radius 1 is 0.718 bits per heavy atom. The Morgan fingerprint density at radius 3 is 2.00 bits per heavy atom. The van der Waals surface area contributed by atoms with E-state index < -0.39 is 17.6 Å². The lowest BCUT2D eigenvalue weighted by atomic mass is 9.95. The molecule has 0 bridgehead atoms. The Hall–Kier alpha value is -4.34. The van der Waals surface area contributed by atoms with Gasteiger partial charge >= 0.3 is 6.18 Å². The van der Waals surface area contributed by atoms with Crippen molar-refractivity contribution in [3.63, 3.8) is 0 Å². The molecule has 0 aliphatic heterocycles. The molecule has 0 aromatic heterocycles. The Bertz CT molecular complexity index is 1340. The minimum absolute atomic E-state index is 0.0159. The maximum absolute atomic E-state index is 12.9. The van der Waals surface area contributed by atoms with Gasteiger partial charge in [-0.3, -0.25) is 14.4 Å². The van der Waals surface area contributed by atoms with Gasteiger partial charge < -0.3 is 21.3 Å². The number of rotatable bonds is 8. The summed E-state index contributed by atoms with van der Waals surface area (Å²) in [5.41, 5.74) is 0.773. The first kappa shape index (κ1) is 27.7. The molecule has 3 aromatic rings. The number of hydrogen-bond donors (Lipinski definition) is 4. The van der Waals surface area contributed by atoms with Gasteiger partial charge in [0.2, 0.25) is 5.91 Å². The van der Waals surface area contributed by atoms with E-state index in [1.165, 1.54) is 30.7 Å². The maximum Gasteiger partial charge on any atom is 0.416 e. The number of carbonyl (C=O) groups excluding carboxylic acids is 3. The van der Waals surface area contributed by atoms with Crippen LogP contribution in [0.25, 0.3) is 0 Å². The topological polar surface area (TPSA) is 99.3 Å². The van der Waals surface area contributed by atoms with Crippen LogP contribution in [0, 0.1) is 0 Å². The lowest BCUT2D eigenvalue weighted by Crippen LogP contribution is -2.36. The Labute approximate surface area is 224 Å². The monoisotopic (exact) mass is 538 g/mol. The van der Waals surface area contributed by atoms with Gasteiger partial charge in [0.25, 0.3) is 11.8 Å². The summed E-state index contributed by atoms with van der Waals surface area (Å²) in [4.78, 5) is 37.7. The minimum Gasteiger partial charge on any atom is -0.376 e. The van der Waals surface area contributed by atoms with Crippen LogP contribution in [0.5, 0.6) is 0 Å². The van der Waals surface area contributed by atoms with Crippen molar-refractivity contribution < 1.29 is 27.6 Å². The molecule has 3 aromatic carbocycles. The zero-order valence-corrected chi connectivity index (χ0v) is 21.1. The first-order valence-corrected chi connectivity index (χ1v) is 12.7. The molecule has 1 aliphatic carbocycles. The molecule has 39 heavy (non-hydrogen) atoms. The van der Waals surface area contributed by atoms with E-state index in [-0.39, 0.29) is 35.7 Å². The Kier molecular flexibility index (Phi) is 8.85. The number of hydrogen-bond acceptors (Lipinski definition) is 4. The molecule has 1 fully saturated rings. The van der Waals surface area contributed by atoms with Gasteiger partial charge in [-0.15, -0.1) is 0 Å². The number of carbonyl (C=O) groups is 3. The highest BCUT2D eigenvalue weighted by atomic mass is 19.4. The smallest absolute Gasteiger partial charge is 0.376 e. The third-order valence-corrected chi connectivity index (χ3v) is 6.37. The highest BCUT2D eigenvalue weighted by molar-refractivity contribution is 6.05. The van der Waals surface area contributed by atoms with Gasteiger partial charge in [0.05, 0.1) is 12.1 Å². The SMILES string of the molecule is O=C(CNc1cccc(C(=O)Nc2cccc(C(F)(F)F)c2)c1)Nc1cccc(C(=O)NC2CCCCC2)c1. The summed E-state index contributed by atoms with van der Waals surface area (Å²) in [7, 11) is 0. The van der Waals surface area contributed by atoms with E-state index in [0.717, 1.165) is 37.8 Å². The van der Waals surface area contributed by atoms with Crippen molar-refractivity contribution in [2.24, 2.45) is 0 Å². The van der Waals surface area contributed by atoms with Crippen LogP contribution in [-0.4, -0.2) is 30.3 Å². The fraction of sp³-hybridized carbons (Fsp3) is 0.276. The van der Waals surface area contributed by atoms with Crippen molar-refractivity contribution in [2.45, 2.75) is 44.3 Å². The molecule has 7 nitrogen and oxygen atoms in total. The summed E-state index contributed by atoms with van der Waals surface area (Å²) >= 11 is 0. The summed E-state index contributed by atoms with van der Waals surface area (Å²) in [6.07, 6.45) is 0.839. The first-order chi connectivity index (χ1) is 18.7.